The highest BCUT2D eigenvalue weighted by molar-refractivity contribution is 14.0. The lowest BCUT2D eigenvalue weighted by atomic mass is 9.94. The molecular weight excluding hydrogens is 497 g/mol. The lowest BCUT2D eigenvalue weighted by molar-refractivity contribution is 0.375. The fourth-order valence-electron chi connectivity index (χ4n) is 5.41. The van der Waals surface area contributed by atoms with E-state index in [0.29, 0.717) is 17.3 Å². The molecule has 29 heavy (non-hydrogen) atoms. The largest absolute Gasteiger partial charge is 0.469 e. The van der Waals surface area contributed by atoms with Crippen molar-refractivity contribution >= 4 is 40.7 Å². The number of hydrogen-bond donors (Lipinski definition) is 2. The summed E-state index contributed by atoms with van der Waals surface area (Å²) in [6.07, 6.45) is 12.4. The third-order valence-electron chi connectivity index (χ3n) is 6.89. The van der Waals surface area contributed by atoms with Crippen LogP contribution in [-0.4, -0.2) is 39.8 Å². The number of nitrogens with zero attached hydrogens (tertiary/aromatic N) is 1. The number of aliphatic imine (C=N–C) groups is 1. The highest BCUT2D eigenvalue weighted by atomic mass is 127. The fourth-order valence-corrected chi connectivity index (χ4v) is 6.75. The van der Waals surface area contributed by atoms with E-state index in [2.05, 4.69) is 10.6 Å². The van der Waals surface area contributed by atoms with E-state index in [9.17, 15) is 4.21 Å². The minimum atomic E-state index is -0.693. The molecule has 6 atom stereocenters. The Labute approximate surface area is 194 Å². The van der Waals surface area contributed by atoms with Gasteiger partial charge in [0.25, 0.3) is 0 Å². The molecular formula is C22H36IN3O2S. The van der Waals surface area contributed by atoms with Crippen LogP contribution in [0.25, 0.3) is 0 Å². The minimum Gasteiger partial charge on any atom is -0.469 e. The Balaban J connectivity index is 0.00000240. The molecule has 0 amide bonds. The van der Waals surface area contributed by atoms with Crippen LogP contribution in [0, 0.1) is 11.8 Å². The first-order chi connectivity index (χ1) is 13.7. The summed E-state index contributed by atoms with van der Waals surface area (Å²) in [5.41, 5.74) is 0. The molecule has 5 nitrogen and oxygen atoms in total. The first-order valence-corrected chi connectivity index (χ1v) is 12.6. The zero-order valence-corrected chi connectivity index (χ0v) is 20.6. The Kier molecular flexibility index (Phi) is 8.89. The van der Waals surface area contributed by atoms with Crippen LogP contribution in [0.15, 0.2) is 27.8 Å². The average Bonchev–Trinajstić information content (AvgIpc) is 3.46. The van der Waals surface area contributed by atoms with E-state index >= 15 is 0 Å². The van der Waals surface area contributed by atoms with Crippen molar-refractivity contribution in [2.45, 2.75) is 82.0 Å². The van der Waals surface area contributed by atoms with Crippen molar-refractivity contribution in [1.29, 1.82) is 0 Å². The summed E-state index contributed by atoms with van der Waals surface area (Å²) < 4.78 is 17.7. The smallest absolute Gasteiger partial charge is 0.191 e. The van der Waals surface area contributed by atoms with Gasteiger partial charge in [-0.05, 0) is 62.5 Å². The highest BCUT2D eigenvalue weighted by Gasteiger charge is 2.40. The maximum absolute atomic E-state index is 12.3. The average molecular weight is 534 g/mol. The van der Waals surface area contributed by atoms with E-state index in [1.165, 1.54) is 25.7 Å². The summed E-state index contributed by atoms with van der Waals surface area (Å²) in [5.74, 6) is 4.44. The van der Waals surface area contributed by atoms with Crippen molar-refractivity contribution in [3.63, 3.8) is 0 Å². The van der Waals surface area contributed by atoms with Crippen LogP contribution in [0.3, 0.4) is 0 Å². The third-order valence-corrected chi connectivity index (χ3v) is 8.63. The van der Waals surface area contributed by atoms with Crippen LogP contribution >= 0.6 is 24.0 Å². The SMILES string of the molecule is CCS(=O)C1CCCC(NC(=NCCc2ccco2)NC2CC3CCC2C3)C1.I. The van der Waals surface area contributed by atoms with Crippen molar-refractivity contribution < 1.29 is 8.63 Å². The van der Waals surface area contributed by atoms with E-state index in [0.717, 1.165) is 68.0 Å². The van der Waals surface area contributed by atoms with E-state index in [-0.39, 0.29) is 24.0 Å². The summed E-state index contributed by atoms with van der Waals surface area (Å²) in [5, 5.41) is 7.81. The number of guanidine groups is 1. The molecule has 0 aromatic carbocycles. The van der Waals surface area contributed by atoms with Gasteiger partial charge in [-0.2, -0.15) is 0 Å². The quantitative estimate of drug-likeness (QED) is 0.313. The van der Waals surface area contributed by atoms with Gasteiger partial charge in [-0.25, -0.2) is 0 Å². The second-order valence-electron chi connectivity index (χ2n) is 8.78. The van der Waals surface area contributed by atoms with Crippen molar-refractivity contribution in [3.8, 4) is 0 Å². The first kappa shape index (κ1) is 23.1. The number of furan rings is 1. The zero-order valence-electron chi connectivity index (χ0n) is 17.5. The molecule has 3 fully saturated rings. The third kappa shape index (κ3) is 6.21. The molecule has 1 aromatic rings. The topological polar surface area (TPSA) is 66.6 Å². The normalized spacial score (nSPS) is 32.6. The molecule has 3 aliphatic carbocycles. The van der Waals surface area contributed by atoms with Crippen LogP contribution in [0.4, 0.5) is 0 Å². The summed E-state index contributed by atoms with van der Waals surface area (Å²) in [6.45, 7) is 2.76. The number of hydrogen-bond acceptors (Lipinski definition) is 3. The summed E-state index contributed by atoms with van der Waals surface area (Å²) in [4.78, 5) is 4.89. The molecule has 4 rings (SSSR count). The molecule has 164 valence electrons. The number of fused-ring (bicyclic) bond motifs is 2. The maximum Gasteiger partial charge on any atom is 0.191 e. The second-order valence-corrected chi connectivity index (χ2v) is 10.8. The first-order valence-electron chi connectivity index (χ1n) is 11.2. The molecule has 3 aliphatic rings. The Morgan fingerprint density at radius 3 is 2.79 bits per heavy atom. The summed E-state index contributed by atoms with van der Waals surface area (Å²) in [7, 11) is -0.693. The van der Waals surface area contributed by atoms with E-state index in [1.54, 1.807) is 6.26 Å². The summed E-state index contributed by atoms with van der Waals surface area (Å²) in [6, 6.07) is 4.89. The van der Waals surface area contributed by atoms with Crippen LogP contribution in [-0.2, 0) is 17.2 Å². The molecule has 0 saturated heterocycles. The fraction of sp³-hybridized carbons (Fsp3) is 0.773. The monoisotopic (exact) mass is 533 g/mol. The van der Waals surface area contributed by atoms with Crippen LogP contribution in [0.5, 0.6) is 0 Å². The Bertz CT molecular complexity index is 682. The van der Waals surface area contributed by atoms with E-state index in [4.69, 9.17) is 9.41 Å². The molecule has 0 spiro atoms. The van der Waals surface area contributed by atoms with E-state index < -0.39 is 10.8 Å². The molecule has 6 unspecified atom stereocenters. The number of rotatable bonds is 7. The molecule has 3 saturated carbocycles. The second kappa shape index (κ2) is 11.2. The highest BCUT2D eigenvalue weighted by Crippen LogP contribution is 2.44. The zero-order chi connectivity index (χ0) is 19.3. The molecule has 1 heterocycles. The predicted octanol–water partition coefficient (Wildman–Crippen LogP) is 4.24. The van der Waals surface area contributed by atoms with Crippen molar-refractivity contribution in [1.82, 2.24) is 10.6 Å². The van der Waals surface area contributed by atoms with Gasteiger partial charge in [0.1, 0.15) is 5.76 Å². The molecule has 2 bridgehead atoms. The maximum atomic E-state index is 12.3. The van der Waals surface area contributed by atoms with Gasteiger partial charge < -0.3 is 15.1 Å². The van der Waals surface area contributed by atoms with Crippen molar-refractivity contribution in [2.75, 3.05) is 12.3 Å². The van der Waals surface area contributed by atoms with Gasteiger partial charge in [0.2, 0.25) is 0 Å². The van der Waals surface area contributed by atoms with Crippen LogP contribution < -0.4 is 10.6 Å². The van der Waals surface area contributed by atoms with Gasteiger partial charge in [0, 0.05) is 46.9 Å². The van der Waals surface area contributed by atoms with Gasteiger partial charge in [-0.1, -0.05) is 19.8 Å². The van der Waals surface area contributed by atoms with Gasteiger partial charge >= 0.3 is 0 Å². The van der Waals surface area contributed by atoms with Crippen LogP contribution in [0.1, 0.15) is 64.1 Å². The van der Waals surface area contributed by atoms with Gasteiger partial charge in [0.15, 0.2) is 5.96 Å². The lowest BCUT2D eigenvalue weighted by Gasteiger charge is -2.32. The Morgan fingerprint density at radius 1 is 1.21 bits per heavy atom. The molecule has 1 aromatic heterocycles. The molecule has 0 aliphatic heterocycles. The predicted molar refractivity (Wildman–Crippen MR) is 130 cm³/mol. The molecule has 2 N–H and O–H groups in total. The standard InChI is InChI=1S/C22H35N3O2S.HI/c1-2-28(26)20-7-3-5-18(15-20)24-22(23-11-10-19-6-4-12-27-19)25-21-14-16-8-9-17(21)13-16;/h4,6,12,16-18,20-21H,2-3,5,7-11,13-15H2,1H3,(H2,23,24,25);1H. The number of nitrogens with one attached hydrogen (secondary N) is 2. The molecule has 7 heteroatoms. The van der Waals surface area contributed by atoms with Crippen molar-refractivity contribution in [2.24, 2.45) is 16.8 Å². The Morgan fingerprint density at radius 2 is 2.10 bits per heavy atom. The number of halogens is 1. The van der Waals surface area contributed by atoms with Crippen LogP contribution in [0.2, 0.25) is 0 Å². The van der Waals surface area contributed by atoms with Gasteiger partial charge in [-0.15, -0.1) is 24.0 Å². The van der Waals surface area contributed by atoms with E-state index in [1.807, 2.05) is 19.1 Å². The van der Waals surface area contributed by atoms with Gasteiger partial charge in [0.05, 0.1) is 6.26 Å². The Hall–Kier alpha value is -0.570. The summed E-state index contributed by atoms with van der Waals surface area (Å²) >= 11 is 0. The minimum absolute atomic E-state index is 0. The lowest BCUT2D eigenvalue weighted by Crippen LogP contribution is -2.50. The van der Waals surface area contributed by atoms with Crippen molar-refractivity contribution in [3.05, 3.63) is 24.2 Å². The molecule has 0 radical (unpaired) electrons. The van der Waals surface area contributed by atoms with Gasteiger partial charge in [-0.3, -0.25) is 9.20 Å².